The fourth-order valence-corrected chi connectivity index (χ4v) is 1.92. The van der Waals surface area contributed by atoms with E-state index in [1.807, 2.05) is 30.3 Å². The van der Waals surface area contributed by atoms with Crippen molar-refractivity contribution in [2.45, 2.75) is 6.61 Å². The van der Waals surface area contributed by atoms with Gasteiger partial charge in [0.25, 0.3) is 0 Å². The highest BCUT2D eigenvalue weighted by Crippen LogP contribution is 2.03. The standard InChI is InChI=1S/C17H23N3O6/c1-18(9-14(21)19(2)11-16(23)24)15(22)10-20(3)17(25)26-12-13-7-5-4-6-8-13/h4-8H,9-12H2,1-3H3,(H,23,24). The topological polar surface area (TPSA) is 107 Å². The molecular weight excluding hydrogens is 342 g/mol. The normalized spacial score (nSPS) is 9.96. The fraction of sp³-hybridized carbons (Fsp3) is 0.412. The Hall–Kier alpha value is -3.10. The Kier molecular flexibility index (Phi) is 8.07. The molecule has 3 amide bonds. The lowest BCUT2D eigenvalue weighted by atomic mass is 10.2. The molecule has 1 N–H and O–H groups in total. The first-order chi connectivity index (χ1) is 12.2. The van der Waals surface area contributed by atoms with Crippen molar-refractivity contribution in [1.82, 2.24) is 14.7 Å². The van der Waals surface area contributed by atoms with Crippen LogP contribution in [0.15, 0.2) is 30.3 Å². The summed E-state index contributed by atoms with van der Waals surface area (Å²) in [4.78, 5) is 49.7. The quantitative estimate of drug-likeness (QED) is 0.708. The molecule has 0 aliphatic rings. The Morgan fingerprint density at radius 2 is 1.35 bits per heavy atom. The summed E-state index contributed by atoms with van der Waals surface area (Å²) in [5, 5.41) is 8.66. The first-order valence-corrected chi connectivity index (χ1v) is 7.82. The van der Waals surface area contributed by atoms with E-state index >= 15 is 0 Å². The molecular formula is C17H23N3O6. The maximum atomic E-state index is 12.1. The monoisotopic (exact) mass is 365 g/mol. The minimum atomic E-state index is -1.14. The molecule has 0 bridgehead atoms. The highest BCUT2D eigenvalue weighted by Gasteiger charge is 2.20. The zero-order valence-electron chi connectivity index (χ0n) is 15.0. The van der Waals surface area contributed by atoms with Crippen molar-refractivity contribution in [2.24, 2.45) is 0 Å². The highest BCUT2D eigenvalue weighted by atomic mass is 16.6. The number of nitrogens with zero attached hydrogens (tertiary/aromatic N) is 3. The van der Waals surface area contributed by atoms with E-state index in [0.717, 1.165) is 20.3 Å². The van der Waals surface area contributed by atoms with Crippen molar-refractivity contribution in [3.8, 4) is 0 Å². The molecule has 0 unspecified atom stereocenters. The molecule has 0 radical (unpaired) electrons. The number of benzene rings is 1. The van der Waals surface area contributed by atoms with E-state index in [4.69, 9.17) is 9.84 Å². The van der Waals surface area contributed by atoms with Gasteiger partial charge in [0.05, 0.1) is 6.54 Å². The van der Waals surface area contributed by atoms with Gasteiger partial charge in [-0.15, -0.1) is 0 Å². The van der Waals surface area contributed by atoms with Crippen molar-refractivity contribution >= 4 is 23.9 Å². The highest BCUT2D eigenvalue weighted by molar-refractivity contribution is 5.88. The summed E-state index contributed by atoms with van der Waals surface area (Å²) in [6, 6.07) is 9.12. The minimum Gasteiger partial charge on any atom is -0.480 e. The zero-order valence-corrected chi connectivity index (χ0v) is 15.0. The summed E-state index contributed by atoms with van der Waals surface area (Å²) in [5.74, 6) is -2.13. The van der Waals surface area contributed by atoms with Crippen LogP contribution in [0.3, 0.4) is 0 Å². The van der Waals surface area contributed by atoms with Crippen LogP contribution in [0.25, 0.3) is 0 Å². The molecule has 0 fully saturated rings. The summed E-state index contributed by atoms with van der Waals surface area (Å²) in [5.41, 5.74) is 0.824. The number of carboxylic acids is 1. The molecule has 0 aromatic heterocycles. The maximum Gasteiger partial charge on any atom is 0.410 e. The fourth-order valence-electron chi connectivity index (χ4n) is 1.92. The Balaban J connectivity index is 2.43. The first-order valence-electron chi connectivity index (χ1n) is 7.82. The van der Waals surface area contributed by atoms with E-state index in [1.54, 1.807) is 0 Å². The van der Waals surface area contributed by atoms with E-state index in [1.165, 1.54) is 21.1 Å². The van der Waals surface area contributed by atoms with Crippen LogP contribution in [-0.4, -0.2) is 84.5 Å². The van der Waals surface area contributed by atoms with Crippen molar-refractivity contribution in [2.75, 3.05) is 40.8 Å². The second-order valence-electron chi connectivity index (χ2n) is 5.79. The number of carbonyl (C=O) groups excluding carboxylic acids is 3. The molecule has 0 spiro atoms. The van der Waals surface area contributed by atoms with Crippen LogP contribution >= 0.6 is 0 Å². The molecule has 26 heavy (non-hydrogen) atoms. The molecule has 9 nitrogen and oxygen atoms in total. The third kappa shape index (κ3) is 7.20. The van der Waals surface area contributed by atoms with Gasteiger partial charge in [-0.3, -0.25) is 14.4 Å². The number of hydrogen-bond donors (Lipinski definition) is 1. The summed E-state index contributed by atoms with van der Waals surface area (Å²) in [7, 11) is 4.15. The molecule has 0 atom stereocenters. The smallest absolute Gasteiger partial charge is 0.410 e. The van der Waals surface area contributed by atoms with E-state index in [2.05, 4.69) is 0 Å². The van der Waals surface area contributed by atoms with Crippen molar-refractivity contribution < 1.29 is 29.0 Å². The van der Waals surface area contributed by atoms with E-state index < -0.39 is 30.4 Å². The average molecular weight is 365 g/mol. The molecule has 0 aliphatic heterocycles. The second kappa shape index (κ2) is 10.0. The third-order valence-electron chi connectivity index (χ3n) is 3.49. The zero-order chi connectivity index (χ0) is 19.7. The van der Waals surface area contributed by atoms with Gasteiger partial charge in [0, 0.05) is 21.1 Å². The molecule has 9 heteroatoms. The van der Waals surface area contributed by atoms with Crippen LogP contribution in [0.5, 0.6) is 0 Å². The van der Waals surface area contributed by atoms with Gasteiger partial charge in [-0.2, -0.15) is 0 Å². The maximum absolute atomic E-state index is 12.1. The van der Waals surface area contributed by atoms with Gasteiger partial charge in [0.1, 0.15) is 19.7 Å². The molecule has 1 aromatic carbocycles. The SMILES string of the molecule is CN(CC(=O)O)C(=O)CN(C)C(=O)CN(C)C(=O)OCc1ccccc1. The summed E-state index contributed by atoms with van der Waals surface area (Å²) in [6.07, 6.45) is -0.662. The molecule has 0 aliphatic carbocycles. The number of carboxylic acid groups (broad SMARTS) is 1. The summed E-state index contributed by atoms with van der Waals surface area (Å²) < 4.78 is 5.11. The summed E-state index contributed by atoms with van der Waals surface area (Å²) >= 11 is 0. The molecule has 142 valence electrons. The van der Waals surface area contributed by atoms with Crippen molar-refractivity contribution in [3.63, 3.8) is 0 Å². The van der Waals surface area contributed by atoms with Gasteiger partial charge in [-0.25, -0.2) is 4.79 Å². The predicted molar refractivity (Wildman–Crippen MR) is 92.2 cm³/mol. The number of rotatable bonds is 8. The Labute approximate surface area is 151 Å². The van der Waals surface area contributed by atoms with Gasteiger partial charge < -0.3 is 24.5 Å². The lowest BCUT2D eigenvalue weighted by molar-refractivity contribution is -0.145. The molecule has 1 aromatic rings. The van der Waals surface area contributed by atoms with Crippen LogP contribution < -0.4 is 0 Å². The van der Waals surface area contributed by atoms with E-state index in [9.17, 15) is 19.2 Å². The molecule has 0 saturated heterocycles. The van der Waals surface area contributed by atoms with Gasteiger partial charge in [0.15, 0.2) is 0 Å². The Morgan fingerprint density at radius 3 is 1.88 bits per heavy atom. The number of carbonyl (C=O) groups is 4. The lowest BCUT2D eigenvalue weighted by Gasteiger charge is -2.23. The van der Waals surface area contributed by atoms with Gasteiger partial charge >= 0.3 is 12.1 Å². The van der Waals surface area contributed by atoms with Crippen LogP contribution in [0, 0.1) is 0 Å². The van der Waals surface area contributed by atoms with Gasteiger partial charge in [-0.05, 0) is 5.56 Å². The van der Waals surface area contributed by atoms with Gasteiger partial charge in [-0.1, -0.05) is 30.3 Å². The summed E-state index contributed by atoms with van der Waals surface area (Å²) in [6.45, 7) is -0.908. The van der Waals surface area contributed by atoms with Gasteiger partial charge in [0.2, 0.25) is 11.8 Å². The lowest BCUT2D eigenvalue weighted by Crippen LogP contribution is -2.45. The minimum absolute atomic E-state index is 0.0898. The predicted octanol–water partition coefficient (Wildman–Crippen LogP) is 0.256. The van der Waals surface area contributed by atoms with Crippen LogP contribution in [0.4, 0.5) is 4.79 Å². The van der Waals surface area contributed by atoms with Crippen LogP contribution in [0.1, 0.15) is 5.56 Å². The van der Waals surface area contributed by atoms with Crippen molar-refractivity contribution in [1.29, 1.82) is 0 Å². The first kappa shape index (κ1) is 20.9. The number of ether oxygens (including phenoxy) is 1. The molecule has 0 saturated carbocycles. The third-order valence-corrected chi connectivity index (χ3v) is 3.49. The number of hydrogen-bond acceptors (Lipinski definition) is 5. The Bertz CT molecular complexity index is 649. The number of amides is 3. The van der Waals surface area contributed by atoms with E-state index in [0.29, 0.717) is 0 Å². The number of likely N-dealkylation sites (N-methyl/N-ethyl adjacent to an activating group) is 3. The van der Waals surface area contributed by atoms with Crippen molar-refractivity contribution in [3.05, 3.63) is 35.9 Å². The average Bonchev–Trinajstić information content (AvgIpc) is 2.59. The molecule has 0 heterocycles. The largest absolute Gasteiger partial charge is 0.480 e. The van der Waals surface area contributed by atoms with Crippen LogP contribution in [0.2, 0.25) is 0 Å². The number of aliphatic carboxylic acids is 1. The Morgan fingerprint density at radius 1 is 0.846 bits per heavy atom. The van der Waals surface area contributed by atoms with E-state index in [-0.39, 0.29) is 19.7 Å². The molecule has 1 rings (SSSR count). The van der Waals surface area contributed by atoms with Crippen LogP contribution in [-0.2, 0) is 25.7 Å². The second-order valence-corrected chi connectivity index (χ2v) is 5.79.